The number of piperidine rings is 1. The number of amides is 1. The summed E-state index contributed by atoms with van der Waals surface area (Å²) in [4.78, 5) is 14.9. The van der Waals surface area contributed by atoms with E-state index in [1.807, 2.05) is 19.1 Å². The van der Waals surface area contributed by atoms with E-state index < -0.39 is 0 Å². The number of ether oxygens (including phenoxy) is 2. The highest BCUT2D eigenvalue weighted by molar-refractivity contribution is 5.95. The number of nitrogens with one attached hydrogen (secondary N) is 1. The molecule has 118 valence electrons. The zero-order valence-electron chi connectivity index (χ0n) is 12.9. The molecule has 2 bridgehead atoms. The van der Waals surface area contributed by atoms with Crippen LogP contribution in [0.25, 0.3) is 0 Å². The minimum Gasteiger partial charge on any atom is -0.486 e. The molecule has 1 aromatic rings. The molecule has 4 atom stereocenters. The molecule has 1 amide bonds. The van der Waals surface area contributed by atoms with Crippen LogP contribution in [0.1, 0.15) is 30.1 Å². The average Bonchev–Trinajstić information content (AvgIpc) is 2.85. The fraction of sp³-hybridized carbons (Fsp3) is 0.588. The lowest BCUT2D eigenvalue weighted by molar-refractivity contribution is 0.0904. The van der Waals surface area contributed by atoms with Crippen LogP contribution in [0.2, 0.25) is 0 Å². The topological polar surface area (TPSA) is 50.8 Å². The number of hydrogen-bond acceptors (Lipinski definition) is 4. The number of rotatable bonds is 2. The standard InChI is InChI=1S/C17H22N2O3/c1-11-10-21-16-7-13(2-3-15(16)22-11)17(20)18-14-6-12-4-5-19(8-12)9-14/h2-3,7,11-12,14H,4-6,8-10H2,1H3,(H,18,20)/t11-,12+,14+/m0/s1. The van der Waals surface area contributed by atoms with Crippen LogP contribution in [-0.2, 0) is 0 Å². The van der Waals surface area contributed by atoms with E-state index >= 15 is 0 Å². The van der Waals surface area contributed by atoms with Gasteiger partial charge in [-0.25, -0.2) is 0 Å². The smallest absolute Gasteiger partial charge is 0.251 e. The lowest BCUT2D eigenvalue weighted by Crippen LogP contribution is -2.47. The first-order valence-electron chi connectivity index (χ1n) is 8.14. The molecule has 0 aliphatic carbocycles. The summed E-state index contributed by atoms with van der Waals surface area (Å²) < 4.78 is 11.3. The van der Waals surface area contributed by atoms with E-state index in [4.69, 9.17) is 9.47 Å². The van der Waals surface area contributed by atoms with Crippen molar-refractivity contribution in [2.75, 3.05) is 26.2 Å². The summed E-state index contributed by atoms with van der Waals surface area (Å²) in [5.74, 6) is 2.12. The minimum atomic E-state index is -0.0162. The summed E-state index contributed by atoms with van der Waals surface area (Å²) in [6, 6.07) is 5.69. The molecule has 3 aliphatic heterocycles. The van der Waals surface area contributed by atoms with Crippen LogP contribution in [0.5, 0.6) is 11.5 Å². The molecular formula is C17H22N2O3. The number of benzene rings is 1. The van der Waals surface area contributed by atoms with Gasteiger partial charge in [0.05, 0.1) is 0 Å². The molecule has 3 heterocycles. The van der Waals surface area contributed by atoms with Gasteiger partial charge in [0.15, 0.2) is 11.5 Å². The van der Waals surface area contributed by atoms with Crippen LogP contribution < -0.4 is 14.8 Å². The van der Waals surface area contributed by atoms with Gasteiger partial charge in [-0.15, -0.1) is 0 Å². The highest BCUT2D eigenvalue weighted by atomic mass is 16.6. The largest absolute Gasteiger partial charge is 0.486 e. The summed E-state index contributed by atoms with van der Waals surface area (Å²) in [7, 11) is 0. The van der Waals surface area contributed by atoms with E-state index in [1.54, 1.807) is 6.07 Å². The number of carbonyl (C=O) groups excluding carboxylic acids is 1. The third-order valence-electron chi connectivity index (χ3n) is 4.81. The molecule has 0 radical (unpaired) electrons. The Balaban J connectivity index is 1.44. The Morgan fingerprint density at radius 3 is 3.09 bits per heavy atom. The maximum absolute atomic E-state index is 12.5. The second-order valence-electron chi connectivity index (χ2n) is 6.72. The highest BCUT2D eigenvalue weighted by Crippen LogP contribution is 2.32. The van der Waals surface area contributed by atoms with Crippen molar-refractivity contribution in [3.8, 4) is 11.5 Å². The molecule has 1 aromatic carbocycles. The summed E-state index contributed by atoms with van der Waals surface area (Å²) in [6.45, 7) is 5.85. The van der Waals surface area contributed by atoms with E-state index in [0.717, 1.165) is 24.6 Å². The molecule has 2 fully saturated rings. The third kappa shape index (κ3) is 2.65. The Hall–Kier alpha value is -1.75. The van der Waals surface area contributed by atoms with Gasteiger partial charge in [0.25, 0.3) is 5.91 Å². The van der Waals surface area contributed by atoms with Crippen molar-refractivity contribution < 1.29 is 14.3 Å². The van der Waals surface area contributed by atoms with E-state index in [-0.39, 0.29) is 18.1 Å². The third-order valence-corrected chi connectivity index (χ3v) is 4.81. The average molecular weight is 302 g/mol. The number of carbonyl (C=O) groups is 1. The second kappa shape index (κ2) is 5.47. The number of nitrogens with zero attached hydrogens (tertiary/aromatic N) is 1. The Morgan fingerprint density at radius 2 is 2.23 bits per heavy atom. The Bertz CT molecular complexity index is 577. The molecule has 3 aliphatic rings. The molecule has 1 unspecified atom stereocenters. The predicted octanol–water partition coefficient (Wildman–Crippen LogP) is 1.67. The molecule has 2 saturated heterocycles. The number of fused-ring (bicyclic) bond motifs is 3. The van der Waals surface area contributed by atoms with Gasteiger partial charge >= 0.3 is 0 Å². The van der Waals surface area contributed by atoms with Crippen LogP contribution in [0, 0.1) is 5.92 Å². The van der Waals surface area contributed by atoms with E-state index in [9.17, 15) is 4.79 Å². The zero-order chi connectivity index (χ0) is 15.1. The fourth-order valence-corrected chi connectivity index (χ4v) is 3.75. The molecular weight excluding hydrogens is 280 g/mol. The van der Waals surface area contributed by atoms with Crippen LogP contribution in [0.3, 0.4) is 0 Å². The number of hydrogen-bond donors (Lipinski definition) is 1. The first kappa shape index (κ1) is 13.9. The lowest BCUT2D eigenvalue weighted by Gasteiger charge is -2.30. The van der Waals surface area contributed by atoms with Crippen molar-refractivity contribution in [2.24, 2.45) is 5.92 Å². The zero-order valence-corrected chi connectivity index (χ0v) is 12.9. The second-order valence-corrected chi connectivity index (χ2v) is 6.72. The van der Waals surface area contributed by atoms with E-state index in [1.165, 1.54) is 19.5 Å². The van der Waals surface area contributed by atoms with Gasteiger partial charge in [-0.05, 0) is 50.4 Å². The monoisotopic (exact) mass is 302 g/mol. The molecule has 0 aromatic heterocycles. The quantitative estimate of drug-likeness (QED) is 0.903. The van der Waals surface area contributed by atoms with Crippen molar-refractivity contribution in [1.29, 1.82) is 0 Å². The van der Waals surface area contributed by atoms with Crippen LogP contribution in [0.15, 0.2) is 18.2 Å². The molecule has 1 N–H and O–H groups in total. The Kier molecular flexibility index (Phi) is 3.45. The first-order valence-corrected chi connectivity index (χ1v) is 8.14. The highest BCUT2D eigenvalue weighted by Gasteiger charge is 2.33. The Labute approximate surface area is 130 Å². The molecule has 5 nitrogen and oxygen atoms in total. The van der Waals surface area contributed by atoms with Crippen LogP contribution in [-0.4, -0.2) is 49.2 Å². The minimum absolute atomic E-state index is 0.0162. The molecule has 22 heavy (non-hydrogen) atoms. The molecule has 5 heteroatoms. The van der Waals surface area contributed by atoms with E-state index in [0.29, 0.717) is 17.9 Å². The van der Waals surface area contributed by atoms with Gasteiger partial charge in [-0.2, -0.15) is 0 Å². The summed E-state index contributed by atoms with van der Waals surface area (Å²) in [5.41, 5.74) is 0.643. The van der Waals surface area contributed by atoms with Crippen LogP contribution in [0.4, 0.5) is 0 Å². The van der Waals surface area contributed by atoms with Gasteiger partial charge in [0.2, 0.25) is 0 Å². The maximum atomic E-state index is 12.5. The van der Waals surface area contributed by atoms with Crippen molar-refractivity contribution in [3.05, 3.63) is 23.8 Å². The van der Waals surface area contributed by atoms with Crippen molar-refractivity contribution in [1.82, 2.24) is 10.2 Å². The van der Waals surface area contributed by atoms with Crippen molar-refractivity contribution in [2.45, 2.75) is 31.9 Å². The predicted molar refractivity (Wildman–Crippen MR) is 82.4 cm³/mol. The van der Waals surface area contributed by atoms with Crippen LogP contribution >= 0.6 is 0 Å². The molecule has 0 spiro atoms. The summed E-state index contributed by atoms with van der Waals surface area (Å²) in [5, 5.41) is 3.17. The first-order chi connectivity index (χ1) is 10.7. The van der Waals surface area contributed by atoms with Gasteiger partial charge < -0.3 is 19.7 Å². The Morgan fingerprint density at radius 1 is 1.32 bits per heavy atom. The van der Waals surface area contributed by atoms with E-state index in [2.05, 4.69) is 10.2 Å². The van der Waals surface area contributed by atoms with Gasteiger partial charge in [-0.3, -0.25) is 4.79 Å². The molecule has 4 rings (SSSR count). The normalized spacial score (nSPS) is 32.6. The summed E-state index contributed by atoms with van der Waals surface area (Å²) in [6.07, 6.45) is 2.43. The SMILES string of the molecule is C[C@H]1COc2cc(C(=O)N[C@@H]3C[C@H]4CCN(C4)C3)ccc2O1. The van der Waals surface area contributed by atoms with Crippen molar-refractivity contribution in [3.63, 3.8) is 0 Å². The van der Waals surface area contributed by atoms with Gasteiger partial charge in [0.1, 0.15) is 12.7 Å². The van der Waals surface area contributed by atoms with Gasteiger partial charge in [-0.1, -0.05) is 0 Å². The summed E-state index contributed by atoms with van der Waals surface area (Å²) >= 11 is 0. The fourth-order valence-electron chi connectivity index (χ4n) is 3.75. The lowest BCUT2D eigenvalue weighted by atomic mass is 9.96. The van der Waals surface area contributed by atoms with Crippen molar-refractivity contribution >= 4 is 5.91 Å². The van der Waals surface area contributed by atoms with Gasteiger partial charge in [0, 0.05) is 24.7 Å². The molecule has 0 saturated carbocycles. The maximum Gasteiger partial charge on any atom is 0.251 e.